The lowest BCUT2D eigenvalue weighted by Crippen LogP contribution is -2.40. The Morgan fingerprint density at radius 1 is 1.46 bits per heavy atom. The Morgan fingerprint density at radius 2 is 2.00 bits per heavy atom. The number of carboxylic acids is 1. The molecule has 0 aliphatic heterocycles. The molecule has 0 saturated heterocycles. The van der Waals surface area contributed by atoms with Crippen molar-refractivity contribution in [3.05, 3.63) is 0 Å². The molecule has 1 fully saturated rings. The van der Waals surface area contributed by atoms with E-state index in [-0.39, 0.29) is 0 Å². The zero-order chi connectivity index (χ0) is 10.3. The molecular weight excluding hydrogens is 170 g/mol. The van der Waals surface area contributed by atoms with E-state index < -0.39 is 16.8 Å². The fourth-order valence-electron chi connectivity index (χ4n) is 1.86. The van der Waals surface area contributed by atoms with Gasteiger partial charge in [-0.1, -0.05) is 19.0 Å². The van der Waals surface area contributed by atoms with Gasteiger partial charge in [-0.05, 0) is 19.8 Å². The Bertz CT molecular complexity index is 270. The first-order valence-electron chi connectivity index (χ1n) is 4.31. The SMILES string of the molecule is CC1(C(=O)O)CC/C(=N/O)C1(C)C. The van der Waals surface area contributed by atoms with Gasteiger partial charge >= 0.3 is 5.97 Å². The number of hydrogen-bond donors (Lipinski definition) is 2. The van der Waals surface area contributed by atoms with Crippen LogP contribution in [0.25, 0.3) is 0 Å². The van der Waals surface area contributed by atoms with Gasteiger partial charge in [0, 0.05) is 5.41 Å². The summed E-state index contributed by atoms with van der Waals surface area (Å²) in [7, 11) is 0. The predicted molar refractivity (Wildman–Crippen MR) is 48.0 cm³/mol. The molecule has 1 atom stereocenters. The third kappa shape index (κ3) is 1.12. The molecule has 0 amide bonds. The van der Waals surface area contributed by atoms with Crippen LogP contribution in [0.2, 0.25) is 0 Å². The van der Waals surface area contributed by atoms with Crippen LogP contribution in [-0.4, -0.2) is 22.0 Å². The molecule has 0 aromatic rings. The largest absolute Gasteiger partial charge is 0.481 e. The minimum absolute atomic E-state index is 0.536. The second-order valence-corrected chi connectivity index (χ2v) is 4.31. The number of rotatable bonds is 1. The standard InChI is InChI=1S/C9H15NO3/c1-8(2)6(10-13)4-5-9(8,3)7(11)12/h13H,4-5H2,1-3H3,(H,11,12)/b10-6-. The van der Waals surface area contributed by atoms with Crippen molar-refractivity contribution >= 4 is 11.7 Å². The molecule has 4 heteroatoms. The molecule has 0 spiro atoms. The smallest absolute Gasteiger partial charge is 0.310 e. The van der Waals surface area contributed by atoms with Gasteiger partial charge in [0.05, 0.1) is 11.1 Å². The molecule has 0 aromatic heterocycles. The minimum atomic E-state index is -0.823. The maximum atomic E-state index is 11.1. The first-order valence-corrected chi connectivity index (χ1v) is 4.31. The monoisotopic (exact) mass is 185 g/mol. The molecular formula is C9H15NO3. The van der Waals surface area contributed by atoms with Gasteiger partial charge in [-0.25, -0.2) is 0 Å². The van der Waals surface area contributed by atoms with Gasteiger partial charge in [-0.2, -0.15) is 0 Å². The van der Waals surface area contributed by atoms with Gasteiger partial charge in [0.1, 0.15) is 0 Å². The Labute approximate surface area is 77.3 Å². The summed E-state index contributed by atoms with van der Waals surface area (Å²) < 4.78 is 0. The van der Waals surface area contributed by atoms with Crippen LogP contribution in [0.1, 0.15) is 33.6 Å². The molecule has 1 rings (SSSR count). The summed E-state index contributed by atoms with van der Waals surface area (Å²) in [6.07, 6.45) is 1.10. The second-order valence-electron chi connectivity index (χ2n) is 4.31. The average Bonchev–Trinajstić information content (AvgIpc) is 2.25. The second kappa shape index (κ2) is 2.72. The fraction of sp³-hybridized carbons (Fsp3) is 0.778. The number of nitrogens with zero attached hydrogens (tertiary/aromatic N) is 1. The summed E-state index contributed by atoms with van der Waals surface area (Å²) in [5, 5.41) is 21.0. The molecule has 1 aliphatic carbocycles. The van der Waals surface area contributed by atoms with E-state index in [1.54, 1.807) is 6.92 Å². The van der Waals surface area contributed by atoms with Gasteiger partial charge in [-0.3, -0.25) is 4.79 Å². The molecule has 0 bridgehead atoms. The number of oxime groups is 1. The molecule has 1 unspecified atom stereocenters. The van der Waals surface area contributed by atoms with Crippen molar-refractivity contribution in [2.75, 3.05) is 0 Å². The number of carboxylic acid groups (broad SMARTS) is 1. The molecule has 1 aliphatic rings. The summed E-state index contributed by atoms with van der Waals surface area (Å²) >= 11 is 0. The van der Waals surface area contributed by atoms with Gasteiger partial charge in [0.2, 0.25) is 0 Å². The van der Waals surface area contributed by atoms with E-state index in [2.05, 4.69) is 5.16 Å². The topological polar surface area (TPSA) is 69.9 Å². The predicted octanol–water partition coefficient (Wildman–Crippen LogP) is 1.73. The lowest BCUT2D eigenvalue weighted by molar-refractivity contribution is -0.151. The Balaban J connectivity index is 3.14. The van der Waals surface area contributed by atoms with Crippen LogP contribution in [0.5, 0.6) is 0 Å². The van der Waals surface area contributed by atoms with Crippen molar-refractivity contribution < 1.29 is 15.1 Å². The molecule has 0 aromatic carbocycles. The highest BCUT2D eigenvalue weighted by Gasteiger charge is 2.55. The van der Waals surface area contributed by atoms with Gasteiger partial charge in [0.25, 0.3) is 0 Å². The quantitative estimate of drug-likeness (QED) is 0.482. The van der Waals surface area contributed by atoms with Gasteiger partial charge in [0.15, 0.2) is 0 Å². The third-order valence-electron chi connectivity index (χ3n) is 3.56. The fourth-order valence-corrected chi connectivity index (χ4v) is 1.86. The highest BCUT2D eigenvalue weighted by Crippen LogP contribution is 2.50. The van der Waals surface area contributed by atoms with Crippen molar-refractivity contribution in [2.45, 2.75) is 33.6 Å². The van der Waals surface area contributed by atoms with Crippen molar-refractivity contribution in [3.8, 4) is 0 Å². The zero-order valence-corrected chi connectivity index (χ0v) is 8.16. The van der Waals surface area contributed by atoms with Crippen molar-refractivity contribution in [2.24, 2.45) is 16.0 Å². The molecule has 13 heavy (non-hydrogen) atoms. The van der Waals surface area contributed by atoms with Crippen LogP contribution in [0, 0.1) is 10.8 Å². The van der Waals surface area contributed by atoms with Crippen molar-refractivity contribution in [1.82, 2.24) is 0 Å². The first-order chi connectivity index (χ1) is 5.86. The zero-order valence-electron chi connectivity index (χ0n) is 8.16. The van der Waals surface area contributed by atoms with Crippen LogP contribution >= 0.6 is 0 Å². The van der Waals surface area contributed by atoms with E-state index in [4.69, 9.17) is 10.3 Å². The Kier molecular flexibility index (Phi) is 2.10. The maximum Gasteiger partial charge on any atom is 0.310 e. The Morgan fingerprint density at radius 3 is 2.23 bits per heavy atom. The van der Waals surface area contributed by atoms with Crippen LogP contribution in [0.15, 0.2) is 5.16 Å². The van der Waals surface area contributed by atoms with E-state index in [1.807, 2.05) is 13.8 Å². The molecule has 74 valence electrons. The first kappa shape index (κ1) is 10.0. The summed E-state index contributed by atoms with van der Waals surface area (Å²) in [6.45, 7) is 5.32. The lowest BCUT2D eigenvalue weighted by Gasteiger charge is -2.33. The summed E-state index contributed by atoms with van der Waals surface area (Å²) in [5.41, 5.74) is -0.792. The number of hydrogen-bond acceptors (Lipinski definition) is 3. The normalized spacial score (nSPS) is 35.2. The van der Waals surface area contributed by atoms with E-state index in [0.717, 1.165) is 0 Å². The average molecular weight is 185 g/mol. The van der Waals surface area contributed by atoms with Crippen LogP contribution in [-0.2, 0) is 4.79 Å². The van der Waals surface area contributed by atoms with E-state index >= 15 is 0 Å². The molecule has 0 radical (unpaired) electrons. The van der Waals surface area contributed by atoms with Gasteiger partial charge in [-0.15, -0.1) is 0 Å². The van der Waals surface area contributed by atoms with Crippen LogP contribution in [0.3, 0.4) is 0 Å². The summed E-state index contributed by atoms with van der Waals surface area (Å²) in [4.78, 5) is 11.1. The van der Waals surface area contributed by atoms with E-state index in [0.29, 0.717) is 18.6 Å². The number of carbonyl (C=O) groups is 1. The van der Waals surface area contributed by atoms with Crippen molar-refractivity contribution in [1.29, 1.82) is 0 Å². The molecule has 0 heterocycles. The molecule has 2 N–H and O–H groups in total. The maximum absolute atomic E-state index is 11.1. The van der Waals surface area contributed by atoms with E-state index in [9.17, 15) is 4.79 Å². The molecule has 4 nitrogen and oxygen atoms in total. The summed E-state index contributed by atoms with van der Waals surface area (Å²) in [5.74, 6) is -0.823. The highest BCUT2D eigenvalue weighted by molar-refractivity contribution is 5.97. The van der Waals surface area contributed by atoms with Crippen LogP contribution < -0.4 is 0 Å². The highest BCUT2D eigenvalue weighted by atomic mass is 16.4. The lowest BCUT2D eigenvalue weighted by atomic mass is 9.69. The third-order valence-corrected chi connectivity index (χ3v) is 3.56. The van der Waals surface area contributed by atoms with E-state index in [1.165, 1.54) is 0 Å². The molecule has 1 saturated carbocycles. The van der Waals surface area contributed by atoms with Crippen LogP contribution in [0.4, 0.5) is 0 Å². The summed E-state index contributed by atoms with van der Waals surface area (Å²) in [6, 6.07) is 0. The number of aliphatic carboxylic acids is 1. The minimum Gasteiger partial charge on any atom is -0.481 e. The van der Waals surface area contributed by atoms with Gasteiger partial charge < -0.3 is 10.3 Å². The van der Waals surface area contributed by atoms with Crippen molar-refractivity contribution in [3.63, 3.8) is 0 Å². The Hall–Kier alpha value is -1.06.